The average molecular weight is 277 g/mol. The largest absolute Gasteiger partial charge is 0.352 e. The first-order chi connectivity index (χ1) is 9.51. The van der Waals surface area contributed by atoms with Gasteiger partial charge in [0.1, 0.15) is 5.82 Å². The fourth-order valence-corrected chi connectivity index (χ4v) is 1.87. The number of nitrogens with two attached hydrogens (primary N) is 1. The third-order valence-corrected chi connectivity index (χ3v) is 3.06. The van der Waals surface area contributed by atoms with Gasteiger partial charge in [0, 0.05) is 18.0 Å². The first-order valence-electron chi connectivity index (χ1n) is 6.32. The van der Waals surface area contributed by atoms with E-state index in [4.69, 9.17) is 5.73 Å². The SMILES string of the molecule is CC(CN)CNC(=O)c1cc(=O)[nH]c2cc(F)ccc12. The molecule has 0 saturated carbocycles. The molecule has 0 aliphatic heterocycles. The Balaban J connectivity index is 2.38. The van der Waals surface area contributed by atoms with Crippen molar-refractivity contribution in [2.45, 2.75) is 6.92 Å². The number of carbonyl (C=O) groups excluding carboxylic acids is 1. The molecule has 6 heteroatoms. The fraction of sp³-hybridized carbons (Fsp3) is 0.286. The predicted octanol–water partition coefficient (Wildman–Crippen LogP) is 0.992. The highest BCUT2D eigenvalue weighted by atomic mass is 19.1. The summed E-state index contributed by atoms with van der Waals surface area (Å²) in [5.74, 6) is -0.694. The first-order valence-corrected chi connectivity index (χ1v) is 6.32. The van der Waals surface area contributed by atoms with Gasteiger partial charge in [-0.1, -0.05) is 6.92 Å². The average Bonchev–Trinajstić information content (AvgIpc) is 2.42. The van der Waals surface area contributed by atoms with E-state index in [-0.39, 0.29) is 17.4 Å². The van der Waals surface area contributed by atoms with Gasteiger partial charge in [0.25, 0.3) is 5.91 Å². The molecule has 20 heavy (non-hydrogen) atoms. The lowest BCUT2D eigenvalue weighted by Gasteiger charge is -2.11. The van der Waals surface area contributed by atoms with E-state index in [9.17, 15) is 14.0 Å². The fourth-order valence-electron chi connectivity index (χ4n) is 1.87. The summed E-state index contributed by atoms with van der Waals surface area (Å²) in [5.41, 5.74) is 5.57. The molecule has 0 aliphatic carbocycles. The molecule has 1 heterocycles. The van der Waals surface area contributed by atoms with Crippen molar-refractivity contribution in [3.05, 3.63) is 46.0 Å². The van der Waals surface area contributed by atoms with Crippen LogP contribution in [0.15, 0.2) is 29.1 Å². The van der Waals surface area contributed by atoms with E-state index in [1.165, 1.54) is 24.3 Å². The van der Waals surface area contributed by atoms with E-state index in [0.717, 1.165) is 0 Å². The van der Waals surface area contributed by atoms with Crippen LogP contribution in [-0.4, -0.2) is 24.0 Å². The van der Waals surface area contributed by atoms with Gasteiger partial charge in [0.05, 0.1) is 11.1 Å². The van der Waals surface area contributed by atoms with Crippen LogP contribution < -0.4 is 16.6 Å². The second-order valence-corrected chi connectivity index (χ2v) is 4.79. The van der Waals surface area contributed by atoms with Gasteiger partial charge in [-0.15, -0.1) is 0 Å². The third-order valence-electron chi connectivity index (χ3n) is 3.06. The molecular weight excluding hydrogens is 261 g/mol. The Morgan fingerprint density at radius 3 is 2.90 bits per heavy atom. The minimum absolute atomic E-state index is 0.143. The van der Waals surface area contributed by atoms with E-state index in [0.29, 0.717) is 24.0 Å². The highest BCUT2D eigenvalue weighted by Crippen LogP contribution is 2.16. The van der Waals surface area contributed by atoms with Gasteiger partial charge in [-0.05, 0) is 30.7 Å². The Bertz CT molecular complexity index is 696. The summed E-state index contributed by atoms with van der Waals surface area (Å²) in [6.07, 6.45) is 0. The number of halogens is 1. The third kappa shape index (κ3) is 3.03. The van der Waals surface area contributed by atoms with Gasteiger partial charge in [-0.25, -0.2) is 4.39 Å². The van der Waals surface area contributed by atoms with Crippen molar-refractivity contribution in [1.82, 2.24) is 10.3 Å². The van der Waals surface area contributed by atoms with E-state index in [2.05, 4.69) is 10.3 Å². The number of nitrogens with one attached hydrogen (secondary N) is 2. The number of hydrogen-bond acceptors (Lipinski definition) is 3. The van der Waals surface area contributed by atoms with Crippen molar-refractivity contribution in [2.75, 3.05) is 13.1 Å². The molecule has 2 aromatic rings. The molecule has 4 N–H and O–H groups in total. The summed E-state index contributed by atoms with van der Waals surface area (Å²) < 4.78 is 13.2. The normalized spacial score (nSPS) is 12.3. The zero-order valence-electron chi connectivity index (χ0n) is 11.1. The Morgan fingerprint density at radius 2 is 2.20 bits per heavy atom. The van der Waals surface area contributed by atoms with Crippen LogP contribution in [0, 0.1) is 11.7 Å². The lowest BCUT2D eigenvalue weighted by atomic mass is 10.1. The van der Waals surface area contributed by atoms with E-state index < -0.39 is 11.4 Å². The Morgan fingerprint density at radius 1 is 1.45 bits per heavy atom. The predicted molar refractivity (Wildman–Crippen MR) is 75.1 cm³/mol. The van der Waals surface area contributed by atoms with Gasteiger partial charge in [-0.3, -0.25) is 9.59 Å². The first kappa shape index (κ1) is 14.2. The molecule has 1 aromatic carbocycles. The Labute approximate surface area is 115 Å². The maximum Gasteiger partial charge on any atom is 0.252 e. The Hall–Kier alpha value is -2.21. The quantitative estimate of drug-likeness (QED) is 0.778. The minimum atomic E-state index is -0.470. The summed E-state index contributed by atoms with van der Waals surface area (Å²) in [4.78, 5) is 26.2. The molecule has 1 amide bonds. The lowest BCUT2D eigenvalue weighted by Crippen LogP contribution is -2.32. The molecule has 0 radical (unpaired) electrons. The lowest BCUT2D eigenvalue weighted by molar-refractivity contribution is 0.0950. The van der Waals surface area contributed by atoms with Crippen molar-refractivity contribution in [3.8, 4) is 0 Å². The van der Waals surface area contributed by atoms with E-state index in [1.807, 2.05) is 6.92 Å². The van der Waals surface area contributed by atoms with Crippen LogP contribution in [0.1, 0.15) is 17.3 Å². The van der Waals surface area contributed by atoms with Crippen LogP contribution in [0.3, 0.4) is 0 Å². The second kappa shape index (κ2) is 5.83. The maximum absolute atomic E-state index is 13.2. The topological polar surface area (TPSA) is 88.0 Å². The molecule has 1 atom stereocenters. The van der Waals surface area contributed by atoms with Crippen molar-refractivity contribution < 1.29 is 9.18 Å². The second-order valence-electron chi connectivity index (χ2n) is 4.79. The zero-order chi connectivity index (χ0) is 14.7. The van der Waals surface area contributed by atoms with Crippen LogP contribution in [0.5, 0.6) is 0 Å². The van der Waals surface area contributed by atoms with Crippen molar-refractivity contribution in [2.24, 2.45) is 11.7 Å². The molecule has 5 nitrogen and oxygen atoms in total. The van der Waals surface area contributed by atoms with Crippen LogP contribution in [0.4, 0.5) is 4.39 Å². The molecular formula is C14H16FN3O2. The minimum Gasteiger partial charge on any atom is -0.352 e. The van der Waals surface area contributed by atoms with Crippen molar-refractivity contribution in [3.63, 3.8) is 0 Å². The van der Waals surface area contributed by atoms with Crippen LogP contribution >= 0.6 is 0 Å². The maximum atomic E-state index is 13.2. The van der Waals surface area contributed by atoms with Crippen LogP contribution in [-0.2, 0) is 0 Å². The summed E-state index contributed by atoms with van der Waals surface area (Å²) in [7, 11) is 0. The number of rotatable bonds is 4. The zero-order valence-corrected chi connectivity index (χ0v) is 11.1. The van der Waals surface area contributed by atoms with E-state index in [1.54, 1.807) is 0 Å². The van der Waals surface area contributed by atoms with Gasteiger partial charge in [0.2, 0.25) is 5.56 Å². The van der Waals surface area contributed by atoms with Crippen LogP contribution in [0.2, 0.25) is 0 Å². The summed E-state index contributed by atoms with van der Waals surface area (Å²) in [6, 6.07) is 5.13. The molecule has 0 saturated heterocycles. The smallest absolute Gasteiger partial charge is 0.252 e. The number of pyridine rings is 1. The highest BCUT2D eigenvalue weighted by Gasteiger charge is 2.12. The number of carbonyl (C=O) groups is 1. The van der Waals surface area contributed by atoms with Gasteiger partial charge in [-0.2, -0.15) is 0 Å². The van der Waals surface area contributed by atoms with Gasteiger partial charge >= 0.3 is 0 Å². The highest BCUT2D eigenvalue weighted by molar-refractivity contribution is 6.05. The number of benzene rings is 1. The number of hydrogen-bond donors (Lipinski definition) is 3. The molecule has 0 aliphatic rings. The number of H-pyrrole nitrogens is 1. The number of amides is 1. The number of aromatic nitrogens is 1. The number of aromatic amines is 1. The van der Waals surface area contributed by atoms with Gasteiger partial charge in [0.15, 0.2) is 0 Å². The van der Waals surface area contributed by atoms with E-state index >= 15 is 0 Å². The molecule has 2 rings (SSSR count). The Kier molecular flexibility index (Phi) is 4.14. The summed E-state index contributed by atoms with van der Waals surface area (Å²) in [6.45, 7) is 2.79. The van der Waals surface area contributed by atoms with Crippen molar-refractivity contribution in [1.29, 1.82) is 0 Å². The molecule has 0 fully saturated rings. The monoisotopic (exact) mass is 277 g/mol. The molecule has 0 bridgehead atoms. The number of fused-ring (bicyclic) bond motifs is 1. The van der Waals surface area contributed by atoms with Gasteiger partial charge < -0.3 is 16.0 Å². The summed E-state index contributed by atoms with van der Waals surface area (Å²) in [5, 5.41) is 3.22. The molecule has 1 unspecified atom stereocenters. The molecule has 106 valence electrons. The molecule has 0 spiro atoms. The standard InChI is InChI=1S/C14H16FN3O2/c1-8(6-16)7-17-14(20)11-5-13(19)18-12-4-9(15)2-3-10(11)12/h2-5,8H,6-7,16H2,1H3,(H,17,20)(H,18,19). The summed E-state index contributed by atoms with van der Waals surface area (Å²) >= 11 is 0. The van der Waals surface area contributed by atoms with Crippen LogP contribution in [0.25, 0.3) is 10.9 Å². The molecule has 1 aromatic heterocycles. The van der Waals surface area contributed by atoms with Crippen molar-refractivity contribution >= 4 is 16.8 Å².